The van der Waals surface area contributed by atoms with Crippen LogP contribution in [-0.2, 0) is 73.8 Å². The van der Waals surface area contributed by atoms with Crippen LogP contribution in [0.3, 0.4) is 0 Å². The molecule has 0 rings (SSSR count). The Kier molecular flexibility index (Phi) is 2560. The minimum atomic E-state index is 0. The maximum absolute atomic E-state index is 0. The summed E-state index contributed by atoms with van der Waals surface area (Å²) in [5.74, 6) is 0. The van der Waals surface area contributed by atoms with Crippen molar-refractivity contribution in [2.75, 3.05) is 0 Å². The fourth-order valence-electron chi connectivity index (χ4n) is 0. The van der Waals surface area contributed by atoms with E-state index in [1.165, 1.54) is 0 Å². The molecule has 0 aliphatic heterocycles. The molecular formula is H11Mn4O5Sr+3. The van der Waals surface area contributed by atoms with Gasteiger partial charge in [-0.15, -0.1) is 0 Å². The topological polar surface area (TPSA) is 159 Å². The summed E-state index contributed by atoms with van der Waals surface area (Å²) in [7, 11) is 0. The summed E-state index contributed by atoms with van der Waals surface area (Å²) in [5.41, 5.74) is 0. The largest absolute Gasteiger partial charge is 2.00 e. The summed E-state index contributed by atoms with van der Waals surface area (Å²) < 4.78 is 0. The van der Waals surface area contributed by atoms with Gasteiger partial charge >= 0.3 is 45.5 Å². The summed E-state index contributed by atoms with van der Waals surface area (Å²) >= 11 is 0. The van der Waals surface area contributed by atoms with E-state index in [4.69, 9.17) is 0 Å². The molecule has 0 heterocycles. The molecule has 10 heteroatoms. The van der Waals surface area contributed by atoms with Gasteiger partial charge in [0.15, 0.2) is 0 Å². The molecule has 0 saturated carbocycles. The van der Waals surface area contributed by atoms with Gasteiger partial charge in [0.05, 0.1) is 0 Å². The summed E-state index contributed by atoms with van der Waals surface area (Å²) in [6.07, 6.45) is 0. The molecule has 68 valence electrons. The smallest absolute Gasteiger partial charge is 0.457 e. The van der Waals surface area contributed by atoms with Gasteiger partial charge in [-0.25, -0.2) is 0 Å². The molecule has 0 amide bonds. The first-order valence-corrected chi connectivity index (χ1v) is 0. The fraction of sp³-hybridized carbons (Fsp3) is 0. The molecule has 0 aromatic carbocycles. The number of rotatable bonds is 0. The van der Waals surface area contributed by atoms with E-state index < -0.39 is 0 Å². The molecule has 0 saturated heterocycles. The Balaban J connectivity index is 0. The molecule has 0 aromatic heterocycles. The first-order valence-electron chi connectivity index (χ1n) is 0. The third kappa shape index (κ3) is 108. The molecule has 0 aliphatic rings. The average Bonchev–Trinajstić information content (AvgIpc) is 0. The molecule has 5 nitrogen and oxygen atoms in total. The zero-order valence-electron chi connectivity index (χ0n) is 4.80. The van der Waals surface area contributed by atoms with E-state index in [0.29, 0.717) is 0 Å². The predicted octanol–water partition coefficient (Wildman–Crippen LogP) is -4.61. The third-order valence-corrected chi connectivity index (χ3v) is 0. The fourth-order valence-corrected chi connectivity index (χ4v) is 0. The molecule has 0 aliphatic carbocycles. The molecule has 10 heavy (non-hydrogen) atoms. The number of hydrogen-bond donors (Lipinski definition) is 0. The standard InChI is InChI=1S/4Mn.5H2O.Sr/h;;;;5*1H2;/q;;;;;;;;;+2/p+1. The van der Waals surface area contributed by atoms with Crippen molar-refractivity contribution in [3.05, 3.63) is 0 Å². The van der Waals surface area contributed by atoms with Crippen LogP contribution in [-0.4, -0.2) is 67.4 Å². The van der Waals surface area contributed by atoms with Gasteiger partial charge in [-0.2, -0.15) is 0 Å². The second-order valence-electron chi connectivity index (χ2n) is 0. The minimum Gasteiger partial charge on any atom is -0.457 e. The monoisotopic (exact) mass is 399 g/mol. The second-order valence-corrected chi connectivity index (χ2v) is 0. The number of hydrogen-bond acceptors (Lipinski definition) is 0. The first kappa shape index (κ1) is 181. The van der Waals surface area contributed by atoms with Crippen LogP contribution in [0.2, 0.25) is 0 Å². The summed E-state index contributed by atoms with van der Waals surface area (Å²) in [6.45, 7) is 0. The van der Waals surface area contributed by atoms with Gasteiger partial charge in [0.25, 0.3) is 0 Å². The van der Waals surface area contributed by atoms with E-state index in [0.717, 1.165) is 0 Å². The van der Waals surface area contributed by atoms with Crippen molar-refractivity contribution in [1.29, 1.82) is 0 Å². The van der Waals surface area contributed by atoms with Crippen molar-refractivity contribution in [3.8, 4) is 0 Å². The maximum atomic E-state index is 0. The Hall–Kier alpha value is 3.36. The quantitative estimate of drug-likeness (QED) is 0.284. The van der Waals surface area contributed by atoms with Crippen LogP contribution in [0.1, 0.15) is 0 Å². The van der Waals surface area contributed by atoms with Crippen LogP contribution in [0.25, 0.3) is 0 Å². The van der Waals surface area contributed by atoms with E-state index in [2.05, 4.69) is 0 Å². The zero-order chi connectivity index (χ0) is 0. The SMILES string of the molecule is O.O.O.O.[Mn].[Mn].[Mn].[Mn].[OH3+].[Sr+2]. The minimum absolute atomic E-state index is 0. The Bertz CT molecular complexity index is 13.6. The summed E-state index contributed by atoms with van der Waals surface area (Å²) in [5, 5.41) is 0. The van der Waals surface area contributed by atoms with E-state index in [1.54, 1.807) is 0 Å². The third-order valence-electron chi connectivity index (χ3n) is 0. The van der Waals surface area contributed by atoms with E-state index in [9.17, 15) is 0 Å². The first-order chi connectivity index (χ1) is 0. The molecular weight excluding hydrogens is 387 g/mol. The van der Waals surface area contributed by atoms with Crippen molar-refractivity contribution < 1.29 is 95.7 Å². The molecule has 0 unspecified atom stereocenters. The van der Waals surface area contributed by atoms with Crippen molar-refractivity contribution in [1.82, 2.24) is 0 Å². The normalized spacial score (nSPS) is 0. The Labute approximate surface area is 139 Å². The van der Waals surface area contributed by atoms with Crippen molar-refractivity contribution in [2.24, 2.45) is 0 Å². The molecule has 0 aromatic rings. The van der Waals surface area contributed by atoms with Crippen LogP contribution in [0.15, 0.2) is 0 Å². The van der Waals surface area contributed by atoms with Crippen LogP contribution in [0, 0.1) is 0 Å². The summed E-state index contributed by atoms with van der Waals surface area (Å²) in [6, 6.07) is 0. The van der Waals surface area contributed by atoms with Crippen molar-refractivity contribution >= 4 is 45.5 Å². The van der Waals surface area contributed by atoms with Crippen molar-refractivity contribution in [3.63, 3.8) is 0 Å². The molecule has 0 spiro atoms. The van der Waals surface area contributed by atoms with Crippen LogP contribution in [0.4, 0.5) is 0 Å². The van der Waals surface area contributed by atoms with Gasteiger partial charge in [0, 0.05) is 68.3 Å². The second kappa shape index (κ2) is 141. The Morgan fingerprint density at radius 2 is 0.400 bits per heavy atom. The van der Waals surface area contributed by atoms with Crippen LogP contribution in [0.5, 0.6) is 0 Å². The average molecular weight is 398 g/mol. The molecule has 4 radical (unpaired) electrons. The molecule has 0 fully saturated rings. The molecule has 11 N–H and O–H groups in total. The van der Waals surface area contributed by atoms with Gasteiger partial charge in [0.2, 0.25) is 0 Å². The van der Waals surface area contributed by atoms with Gasteiger partial charge in [0.1, 0.15) is 0 Å². The van der Waals surface area contributed by atoms with Crippen LogP contribution >= 0.6 is 0 Å². The van der Waals surface area contributed by atoms with E-state index >= 15 is 0 Å². The van der Waals surface area contributed by atoms with Gasteiger partial charge in [-0.3, -0.25) is 0 Å². The van der Waals surface area contributed by atoms with E-state index in [-0.39, 0.29) is 141 Å². The predicted molar refractivity (Wildman–Crippen MR) is 25.1 cm³/mol. The Morgan fingerprint density at radius 3 is 0.400 bits per heavy atom. The Morgan fingerprint density at radius 1 is 0.400 bits per heavy atom. The zero-order valence-corrected chi connectivity index (χ0v) is 13.0. The molecule has 0 atom stereocenters. The maximum Gasteiger partial charge on any atom is 2.00 e. The summed E-state index contributed by atoms with van der Waals surface area (Å²) in [4.78, 5) is 0. The van der Waals surface area contributed by atoms with Gasteiger partial charge in [-0.1, -0.05) is 0 Å². The van der Waals surface area contributed by atoms with Crippen molar-refractivity contribution in [2.45, 2.75) is 0 Å². The van der Waals surface area contributed by atoms with Gasteiger partial charge in [-0.05, 0) is 0 Å². The van der Waals surface area contributed by atoms with E-state index in [1.807, 2.05) is 0 Å². The van der Waals surface area contributed by atoms with Crippen LogP contribution < -0.4 is 0 Å². The molecule has 0 bridgehead atoms. The van der Waals surface area contributed by atoms with Gasteiger partial charge < -0.3 is 27.4 Å².